The predicted molar refractivity (Wildman–Crippen MR) is 157 cm³/mol. The molecule has 0 heterocycles. The average molecular weight is 560 g/mol. The molecule has 0 radical (unpaired) electrons. The maximum atomic E-state index is 13.6. The summed E-state index contributed by atoms with van der Waals surface area (Å²) in [6.45, 7) is 5.32. The molecule has 40 heavy (non-hydrogen) atoms. The van der Waals surface area contributed by atoms with Gasteiger partial charge in [0.25, 0.3) is 5.91 Å². The Balaban J connectivity index is 1.65. The molecule has 0 aliphatic carbocycles. The zero-order valence-corrected chi connectivity index (χ0v) is 23.7. The predicted octanol–water partition coefficient (Wildman–Crippen LogP) is 4.91. The van der Waals surface area contributed by atoms with E-state index in [1.165, 1.54) is 6.07 Å². The van der Waals surface area contributed by atoms with Gasteiger partial charge in [0.2, 0.25) is 15.9 Å². The number of hydrogen-bond donors (Lipinski definition) is 3. The maximum absolute atomic E-state index is 13.6. The van der Waals surface area contributed by atoms with Crippen LogP contribution in [0.2, 0.25) is 0 Å². The van der Waals surface area contributed by atoms with Crippen LogP contribution in [0.3, 0.4) is 0 Å². The third-order valence-electron chi connectivity index (χ3n) is 6.13. The quantitative estimate of drug-likeness (QED) is 0.270. The largest absolute Gasteiger partial charge is 0.497 e. The van der Waals surface area contributed by atoms with Crippen LogP contribution in [0.5, 0.6) is 5.75 Å². The first-order chi connectivity index (χ1) is 19.0. The lowest BCUT2D eigenvalue weighted by atomic mass is 10.0. The Morgan fingerprint density at radius 2 is 1.48 bits per heavy atom. The second kappa shape index (κ2) is 11.9. The number of hydrogen-bond acceptors (Lipinski definition) is 5. The number of nitrogens with one attached hydrogen (secondary N) is 3. The summed E-state index contributed by atoms with van der Waals surface area (Å²) in [6.07, 6.45) is 0.258. The molecule has 4 rings (SSSR count). The summed E-state index contributed by atoms with van der Waals surface area (Å²) in [7, 11) is -2.28. The van der Waals surface area contributed by atoms with Crippen molar-refractivity contribution in [3.63, 3.8) is 0 Å². The molecule has 0 saturated heterocycles. The van der Waals surface area contributed by atoms with E-state index >= 15 is 0 Å². The van der Waals surface area contributed by atoms with Gasteiger partial charge in [-0.05, 0) is 62.7 Å². The van der Waals surface area contributed by atoms with Crippen molar-refractivity contribution in [2.24, 2.45) is 0 Å². The first-order valence-corrected chi connectivity index (χ1v) is 14.3. The highest BCUT2D eigenvalue weighted by atomic mass is 32.2. The van der Waals surface area contributed by atoms with Crippen molar-refractivity contribution in [3.8, 4) is 5.75 Å². The summed E-state index contributed by atoms with van der Waals surface area (Å²) in [5, 5.41) is 6.80. The molecule has 1 unspecified atom stereocenters. The molecule has 3 N–H and O–H groups in total. The minimum atomic E-state index is -3.83. The lowest BCUT2D eigenvalue weighted by Crippen LogP contribution is -2.45. The van der Waals surface area contributed by atoms with Gasteiger partial charge in [-0.15, -0.1) is 0 Å². The van der Waals surface area contributed by atoms with E-state index in [0.29, 0.717) is 27.8 Å². The molecule has 1 atom stereocenters. The minimum absolute atomic E-state index is 0.115. The van der Waals surface area contributed by atoms with Crippen molar-refractivity contribution in [1.82, 2.24) is 10.0 Å². The highest BCUT2D eigenvalue weighted by Gasteiger charge is 2.26. The molecule has 2 amide bonds. The molecular formula is C31H33N3O5S. The number of fused-ring (bicyclic) bond motifs is 1. The molecule has 9 heteroatoms. The molecule has 0 fully saturated rings. The number of methoxy groups -OCH3 is 1. The van der Waals surface area contributed by atoms with Crippen molar-refractivity contribution in [3.05, 3.63) is 102 Å². The molecule has 8 nitrogen and oxygen atoms in total. The van der Waals surface area contributed by atoms with Crippen LogP contribution in [-0.2, 0) is 21.2 Å². The first kappa shape index (κ1) is 28.8. The van der Waals surface area contributed by atoms with Crippen LogP contribution in [0.4, 0.5) is 5.69 Å². The highest BCUT2D eigenvalue weighted by Crippen LogP contribution is 2.29. The number of rotatable bonds is 9. The Bertz CT molecular complexity index is 1610. The lowest BCUT2D eigenvalue weighted by Gasteiger charge is -2.22. The normalized spacial score (nSPS) is 12.5. The Morgan fingerprint density at radius 3 is 2.12 bits per heavy atom. The van der Waals surface area contributed by atoms with E-state index in [1.54, 1.807) is 82.5 Å². The van der Waals surface area contributed by atoms with Crippen LogP contribution >= 0.6 is 0 Å². The van der Waals surface area contributed by atoms with Gasteiger partial charge in [-0.2, -0.15) is 0 Å². The van der Waals surface area contributed by atoms with Gasteiger partial charge in [0, 0.05) is 34.0 Å². The Hall–Kier alpha value is -4.21. The maximum Gasteiger partial charge on any atom is 0.251 e. The van der Waals surface area contributed by atoms with Gasteiger partial charge in [0.05, 0.1) is 12.0 Å². The van der Waals surface area contributed by atoms with Gasteiger partial charge in [0.1, 0.15) is 11.8 Å². The molecule has 0 spiro atoms. The number of carbonyl (C=O) groups is 2. The van der Waals surface area contributed by atoms with E-state index in [0.717, 1.165) is 5.56 Å². The van der Waals surface area contributed by atoms with E-state index in [1.807, 2.05) is 30.3 Å². The first-order valence-electron chi connectivity index (χ1n) is 12.8. The number of sulfonamides is 1. The van der Waals surface area contributed by atoms with Crippen molar-refractivity contribution in [2.75, 3.05) is 12.4 Å². The molecule has 0 aliphatic heterocycles. The number of carbonyl (C=O) groups excluding carboxylic acids is 2. The van der Waals surface area contributed by atoms with E-state index in [2.05, 4.69) is 15.4 Å². The van der Waals surface area contributed by atoms with Crippen LogP contribution in [0, 0.1) is 0 Å². The zero-order valence-electron chi connectivity index (χ0n) is 22.9. The highest BCUT2D eigenvalue weighted by molar-refractivity contribution is 7.89. The van der Waals surface area contributed by atoms with E-state index < -0.39 is 33.4 Å². The van der Waals surface area contributed by atoms with Crippen molar-refractivity contribution < 1.29 is 22.7 Å². The smallest absolute Gasteiger partial charge is 0.251 e. The van der Waals surface area contributed by atoms with Crippen LogP contribution in [0.15, 0.2) is 95.9 Å². The SMILES string of the molecule is COc1ccc(C(=O)NC(Cc2ccccc2)C(=O)Nc2cccc3c(S(=O)(=O)NC(C)(C)C)cccc23)cc1. The Kier molecular flexibility index (Phi) is 8.56. The summed E-state index contributed by atoms with van der Waals surface area (Å²) in [5.74, 6) is -0.220. The van der Waals surface area contributed by atoms with E-state index in [9.17, 15) is 18.0 Å². The summed E-state index contributed by atoms with van der Waals surface area (Å²) < 4.78 is 34.1. The summed E-state index contributed by atoms with van der Waals surface area (Å²) in [6, 6.07) is 25.1. The fraction of sp³-hybridized carbons (Fsp3) is 0.226. The zero-order chi connectivity index (χ0) is 28.9. The molecular weight excluding hydrogens is 526 g/mol. The number of ether oxygens (including phenoxy) is 1. The van der Waals surface area contributed by atoms with Gasteiger partial charge in [-0.1, -0.05) is 54.6 Å². The topological polar surface area (TPSA) is 114 Å². The second-order valence-corrected chi connectivity index (χ2v) is 12.1. The molecule has 0 saturated carbocycles. The Morgan fingerprint density at radius 1 is 0.825 bits per heavy atom. The van der Waals surface area contributed by atoms with Gasteiger partial charge in [-0.25, -0.2) is 13.1 Å². The molecule has 0 bridgehead atoms. The lowest BCUT2D eigenvalue weighted by molar-refractivity contribution is -0.118. The molecule has 4 aromatic rings. The van der Waals surface area contributed by atoms with E-state index in [4.69, 9.17) is 4.74 Å². The van der Waals surface area contributed by atoms with Gasteiger partial charge >= 0.3 is 0 Å². The standard InChI is InChI=1S/C31H33N3O5S/c1-31(2,3)34-40(37,38)28-15-9-12-24-25(28)13-8-14-26(24)32-30(36)27(20-21-10-6-5-7-11-21)33-29(35)22-16-18-23(39-4)19-17-22/h5-19,27,34H,20H2,1-4H3,(H,32,36)(H,33,35). The van der Waals surface area contributed by atoms with Gasteiger partial charge in [-0.3, -0.25) is 9.59 Å². The minimum Gasteiger partial charge on any atom is -0.497 e. The number of anilines is 1. The summed E-state index contributed by atoms with van der Waals surface area (Å²) >= 11 is 0. The molecule has 4 aromatic carbocycles. The van der Waals surface area contributed by atoms with E-state index in [-0.39, 0.29) is 11.3 Å². The van der Waals surface area contributed by atoms with Gasteiger partial charge < -0.3 is 15.4 Å². The van der Waals surface area contributed by atoms with Crippen LogP contribution in [-0.4, -0.2) is 38.9 Å². The van der Waals surface area contributed by atoms with Crippen LogP contribution < -0.4 is 20.1 Å². The third-order valence-corrected chi connectivity index (χ3v) is 7.94. The molecule has 0 aromatic heterocycles. The third kappa shape index (κ3) is 7.05. The van der Waals surface area contributed by atoms with Crippen molar-refractivity contribution in [2.45, 2.75) is 43.7 Å². The average Bonchev–Trinajstić information content (AvgIpc) is 2.91. The molecule has 208 valence electrons. The van der Waals surface area contributed by atoms with Crippen molar-refractivity contribution in [1.29, 1.82) is 0 Å². The molecule has 0 aliphatic rings. The fourth-order valence-corrected chi connectivity index (χ4v) is 5.99. The van der Waals surface area contributed by atoms with Gasteiger partial charge in [0.15, 0.2) is 0 Å². The van der Waals surface area contributed by atoms with Crippen molar-refractivity contribution >= 4 is 38.3 Å². The van der Waals surface area contributed by atoms with Crippen LogP contribution in [0.1, 0.15) is 36.7 Å². The number of amides is 2. The summed E-state index contributed by atoms with van der Waals surface area (Å²) in [4.78, 5) is 26.8. The fourth-order valence-electron chi connectivity index (χ4n) is 4.35. The second-order valence-electron chi connectivity index (χ2n) is 10.4. The summed E-state index contributed by atoms with van der Waals surface area (Å²) in [5.41, 5.74) is 1.03. The van der Waals surface area contributed by atoms with Crippen LogP contribution in [0.25, 0.3) is 10.8 Å². The number of benzene rings is 4. The Labute approximate surface area is 234 Å². The monoisotopic (exact) mass is 559 g/mol.